The number of carbonyl (C=O) groups excluding carboxylic acids is 1. The average Bonchev–Trinajstić information content (AvgIpc) is 2.85. The summed E-state index contributed by atoms with van der Waals surface area (Å²) in [7, 11) is 0. The third-order valence-electron chi connectivity index (χ3n) is 5.58. The van der Waals surface area contributed by atoms with Crippen molar-refractivity contribution >= 4 is 16.7 Å². The first-order valence-corrected chi connectivity index (χ1v) is 11.4. The van der Waals surface area contributed by atoms with Gasteiger partial charge in [-0.3, -0.25) is 4.79 Å². The van der Waals surface area contributed by atoms with Gasteiger partial charge in [0, 0.05) is 17.4 Å². The van der Waals surface area contributed by atoms with Gasteiger partial charge < -0.3 is 14.6 Å². The molecule has 0 aliphatic carbocycles. The Kier molecular flexibility index (Phi) is 7.26. The third-order valence-corrected chi connectivity index (χ3v) is 5.58. The Hall–Kier alpha value is -3.79. The molecule has 0 spiro atoms. The van der Waals surface area contributed by atoms with Gasteiger partial charge in [-0.05, 0) is 59.7 Å². The molecule has 0 bridgehead atoms. The van der Waals surface area contributed by atoms with Crippen LogP contribution in [0.5, 0.6) is 17.2 Å². The fraction of sp³-hybridized carbons (Fsp3) is 0.207. The molecule has 0 aromatic heterocycles. The lowest BCUT2D eigenvalue weighted by Gasteiger charge is -2.15. The second-order valence-electron chi connectivity index (χ2n) is 8.03. The predicted octanol–water partition coefficient (Wildman–Crippen LogP) is 7.28. The molecule has 4 rings (SSSR count). The Balaban J connectivity index is 1.54. The molecule has 33 heavy (non-hydrogen) atoms. The molecule has 0 radical (unpaired) electrons. The molecule has 4 heteroatoms. The summed E-state index contributed by atoms with van der Waals surface area (Å²) >= 11 is 0. The van der Waals surface area contributed by atoms with Gasteiger partial charge >= 0.3 is 5.97 Å². The maximum atomic E-state index is 11.9. The number of carbonyl (C=O) groups is 1. The Labute approximate surface area is 194 Å². The first-order valence-electron chi connectivity index (χ1n) is 11.4. The quantitative estimate of drug-likeness (QED) is 0.219. The molecular weight excluding hydrogens is 412 g/mol. The van der Waals surface area contributed by atoms with Crippen molar-refractivity contribution in [1.29, 1.82) is 0 Å². The highest BCUT2D eigenvalue weighted by molar-refractivity contribution is 5.95. The molecule has 0 amide bonds. The van der Waals surface area contributed by atoms with Crippen LogP contribution in [0.25, 0.3) is 21.9 Å². The highest BCUT2D eigenvalue weighted by Crippen LogP contribution is 2.40. The van der Waals surface area contributed by atoms with Crippen molar-refractivity contribution in [3.63, 3.8) is 0 Å². The standard InChI is InChI=1S/C29H28O4/c1-2-3-20-32-28(31)19-10-21-8-16-25(17-9-21)33-29-26-7-5-4-6-22(26)13-18-27(29)23-11-14-24(30)15-12-23/h4-9,11-18,30H,2-3,10,19-20H2,1H3. The van der Waals surface area contributed by atoms with Crippen LogP contribution in [0, 0.1) is 0 Å². The molecule has 168 valence electrons. The number of hydrogen-bond donors (Lipinski definition) is 1. The van der Waals surface area contributed by atoms with E-state index in [1.165, 1.54) is 0 Å². The largest absolute Gasteiger partial charge is 0.508 e. The first-order chi connectivity index (χ1) is 16.1. The minimum absolute atomic E-state index is 0.155. The number of esters is 1. The van der Waals surface area contributed by atoms with Gasteiger partial charge in [0.25, 0.3) is 0 Å². The van der Waals surface area contributed by atoms with E-state index in [9.17, 15) is 9.90 Å². The summed E-state index contributed by atoms with van der Waals surface area (Å²) < 4.78 is 11.6. The lowest BCUT2D eigenvalue weighted by molar-refractivity contribution is -0.143. The zero-order chi connectivity index (χ0) is 23.0. The fourth-order valence-electron chi connectivity index (χ4n) is 3.71. The summed E-state index contributed by atoms with van der Waals surface area (Å²) in [6.45, 7) is 2.57. The first kappa shape index (κ1) is 22.4. The monoisotopic (exact) mass is 440 g/mol. The molecular formula is C29H28O4. The van der Waals surface area contributed by atoms with Crippen LogP contribution in [0.2, 0.25) is 0 Å². The minimum atomic E-state index is -0.155. The second kappa shape index (κ2) is 10.7. The van der Waals surface area contributed by atoms with Crippen LogP contribution >= 0.6 is 0 Å². The van der Waals surface area contributed by atoms with Crippen LogP contribution in [-0.2, 0) is 16.0 Å². The maximum Gasteiger partial charge on any atom is 0.306 e. The summed E-state index contributed by atoms with van der Waals surface area (Å²) in [4.78, 5) is 11.9. The van der Waals surface area contributed by atoms with E-state index in [0.29, 0.717) is 19.4 Å². The van der Waals surface area contributed by atoms with E-state index in [0.717, 1.165) is 51.8 Å². The van der Waals surface area contributed by atoms with Crippen molar-refractivity contribution in [2.45, 2.75) is 32.6 Å². The van der Waals surface area contributed by atoms with E-state index in [1.807, 2.05) is 60.7 Å². The van der Waals surface area contributed by atoms with Crippen LogP contribution in [0.3, 0.4) is 0 Å². The Morgan fingerprint density at radius 3 is 2.39 bits per heavy atom. The third kappa shape index (κ3) is 5.72. The molecule has 0 unspecified atom stereocenters. The molecule has 0 saturated carbocycles. The number of unbranched alkanes of at least 4 members (excludes halogenated alkanes) is 1. The number of ether oxygens (including phenoxy) is 2. The topological polar surface area (TPSA) is 55.8 Å². The summed E-state index contributed by atoms with van der Waals surface area (Å²) in [5, 5.41) is 11.8. The van der Waals surface area contributed by atoms with Gasteiger partial charge in [0.2, 0.25) is 0 Å². The lowest BCUT2D eigenvalue weighted by Crippen LogP contribution is -2.06. The van der Waals surface area contributed by atoms with E-state index < -0.39 is 0 Å². The number of hydrogen-bond acceptors (Lipinski definition) is 4. The molecule has 0 aliphatic rings. The average molecular weight is 441 g/mol. The highest BCUT2D eigenvalue weighted by atomic mass is 16.5. The number of aromatic hydroxyl groups is 1. The molecule has 0 atom stereocenters. The molecule has 0 saturated heterocycles. The summed E-state index contributed by atoms with van der Waals surface area (Å²) in [6.07, 6.45) is 2.93. The Morgan fingerprint density at radius 1 is 0.879 bits per heavy atom. The second-order valence-corrected chi connectivity index (χ2v) is 8.03. The van der Waals surface area contributed by atoms with Gasteiger partial charge in [0.1, 0.15) is 17.2 Å². The van der Waals surface area contributed by atoms with Crippen LogP contribution in [0.4, 0.5) is 0 Å². The molecule has 1 N–H and O–H groups in total. The SMILES string of the molecule is CCCCOC(=O)CCc1ccc(Oc2c(-c3ccc(O)cc3)ccc3ccccc23)cc1. The van der Waals surface area contributed by atoms with Crippen molar-refractivity contribution in [3.8, 4) is 28.4 Å². The van der Waals surface area contributed by atoms with Crippen molar-refractivity contribution in [2.24, 2.45) is 0 Å². The van der Waals surface area contributed by atoms with Gasteiger partial charge in [-0.2, -0.15) is 0 Å². The number of benzene rings is 4. The minimum Gasteiger partial charge on any atom is -0.508 e. The zero-order valence-electron chi connectivity index (χ0n) is 18.8. The normalized spacial score (nSPS) is 10.8. The van der Waals surface area contributed by atoms with Crippen molar-refractivity contribution in [1.82, 2.24) is 0 Å². The van der Waals surface area contributed by atoms with Gasteiger partial charge in [0.05, 0.1) is 6.61 Å². The molecule has 4 nitrogen and oxygen atoms in total. The van der Waals surface area contributed by atoms with Gasteiger partial charge in [-0.15, -0.1) is 0 Å². The van der Waals surface area contributed by atoms with E-state index in [1.54, 1.807) is 12.1 Å². The zero-order valence-corrected chi connectivity index (χ0v) is 18.8. The Morgan fingerprint density at radius 2 is 1.64 bits per heavy atom. The van der Waals surface area contributed by atoms with Crippen LogP contribution < -0.4 is 4.74 Å². The fourth-order valence-corrected chi connectivity index (χ4v) is 3.71. The summed E-state index contributed by atoms with van der Waals surface area (Å²) in [5.74, 6) is 1.57. The lowest BCUT2D eigenvalue weighted by atomic mass is 9.99. The van der Waals surface area contributed by atoms with Gasteiger partial charge in [-0.25, -0.2) is 0 Å². The van der Waals surface area contributed by atoms with E-state index in [2.05, 4.69) is 19.1 Å². The van der Waals surface area contributed by atoms with E-state index in [4.69, 9.17) is 9.47 Å². The molecule has 0 aliphatic heterocycles. The molecule has 0 heterocycles. The van der Waals surface area contributed by atoms with Crippen LogP contribution in [0.15, 0.2) is 84.9 Å². The Bertz CT molecular complexity index is 1210. The van der Waals surface area contributed by atoms with Crippen LogP contribution in [0.1, 0.15) is 31.7 Å². The van der Waals surface area contributed by atoms with Gasteiger partial charge in [-0.1, -0.05) is 67.9 Å². The highest BCUT2D eigenvalue weighted by Gasteiger charge is 2.13. The van der Waals surface area contributed by atoms with Crippen molar-refractivity contribution in [3.05, 3.63) is 90.5 Å². The summed E-state index contributed by atoms with van der Waals surface area (Å²) in [5.41, 5.74) is 2.98. The van der Waals surface area contributed by atoms with Gasteiger partial charge in [0.15, 0.2) is 0 Å². The smallest absolute Gasteiger partial charge is 0.306 e. The number of rotatable bonds is 9. The van der Waals surface area contributed by atoms with Crippen molar-refractivity contribution < 1.29 is 19.4 Å². The molecule has 4 aromatic carbocycles. The number of fused-ring (bicyclic) bond motifs is 1. The predicted molar refractivity (Wildman–Crippen MR) is 132 cm³/mol. The maximum absolute atomic E-state index is 11.9. The molecule has 4 aromatic rings. The number of aryl methyl sites for hydroxylation is 1. The molecule has 0 fully saturated rings. The van der Waals surface area contributed by atoms with E-state index >= 15 is 0 Å². The van der Waals surface area contributed by atoms with Crippen molar-refractivity contribution in [2.75, 3.05) is 6.61 Å². The number of phenols is 1. The summed E-state index contributed by atoms with van der Waals surface area (Å²) in [6, 6.07) is 27.2. The van der Waals surface area contributed by atoms with E-state index in [-0.39, 0.29) is 11.7 Å². The number of phenolic OH excluding ortho intramolecular Hbond substituents is 1. The van der Waals surface area contributed by atoms with Crippen LogP contribution in [-0.4, -0.2) is 17.7 Å².